The van der Waals surface area contributed by atoms with Gasteiger partial charge in [0, 0.05) is 5.02 Å². The summed E-state index contributed by atoms with van der Waals surface area (Å²) in [6.45, 7) is 0. The van der Waals surface area contributed by atoms with Crippen molar-refractivity contribution in [2.24, 2.45) is 5.10 Å². The Balaban J connectivity index is 2.01. The minimum atomic E-state index is -4.33. The van der Waals surface area contributed by atoms with Crippen molar-refractivity contribution in [1.82, 2.24) is 0 Å². The number of alkyl halides is 3. The molecule has 0 aliphatic heterocycles. The lowest BCUT2D eigenvalue weighted by atomic mass is 10.2. The second-order valence-electron chi connectivity index (χ2n) is 4.00. The van der Waals surface area contributed by atoms with Gasteiger partial charge in [0.25, 0.3) is 0 Å². The van der Waals surface area contributed by atoms with Crippen molar-refractivity contribution in [3.8, 4) is 0 Å². The Morgan fingerprint density at radius 1 is 1.05 bits per heavy atom. The molecule has 0 aliphatic carbocycles. The van der Waals surface area contributed by atoms with Crippen molar-refractivity contribution >= 4 is 23.5 Å². The summed E-state index contributed by atoms with van der Waals surface area (Å²) in [5.41, 5.74) is 3.22. The number of hydrogen-bond acceptors (Lipinski definition) is 2. The zero-order valence-corrected chi connectivity index (χ0v) is 10.9. The van der Waals surface area contributed by atoms with E-state index in [9.17, 15) is 13.2 Å². The fraction of sp³-hybridized carbons (Fsp3) is 0.0714. The topological polar surface area (TPSA) is 24.4 Å². The number of halogens is 4. The highest BCUT2D eigenvalue weighted by Crippen LogP contribution is 2.29. The first-order valence-corrected chi connectivity index (χ1v) is 6.05. The molecule has 104 valence electrons. The Bertz CT molecular complexity index is 607. The van der Waals surface area contributed by atoms with E-state index in [-0.39, 0.29) is 0 Å². The number of rotatable bonds is 3. The molecule has 20 heavy (non-hydrogen) atoms. The van der Waals surface area contributed by atoms with Gasteiger partial charge in [-0.2, -0.15) is 18.3 Å². The SMILES string of the molecule is FC(F)(F)c1ccc(NN=Cc2cccc(Cl)c2)cc1. The second kappa shape index (κ2) is 5.96. The van der Waals surface area contributed by atoms with E-state index in [1.807, 2.05) is 6.07 Å². The highest BCUT2D eigenvalue weighted by molar-refractivity contribution is 6.30. The molecule has 0 saturated carbocycles. The fourth-order valence-corrected chi connectivity index (χ4v) is 1.70. The summed E-state index contributed by atoms with van der Waals surface area (Å²) in [7, 11) is 0. The largest absolute Gasteiger partial charge is 0.416 e. The molecule has 6 heteroatoms. The normalized spacial score (nSPS) is 11.8. The summed E-state index contributed by atoms with van der Waals surface area (Å²) in [6, 6.07) is 11.7. The number of anilines is 1. The van der Waals surface area contributed by atoms with E-state index in [1.54, 1.807) is 18.2 Å². The first-order valence-electron chi connectivity index (χ1n) is 5.67. The summed E-state index contributed by atoms with van der Waals surface area (Å²) in [5, 5.41) is 4.52. The quantitative estimate of drug-likeness (QED) is 0.638. The van der Waals surface area contributed by atoms with E-state index in [1.165, 1.54) is 18.3 Å². The molecule has 2 aromatic carbocycles. The Kier molecular flexibility index (Phi) is 4.29. The molecule has 0 amide bonds. The highest BCUT2D eigenvalue weighted by atomic mass is 35.5. The molecular formula is C14H10ClF3N2. The lowest BCUT2D eigenvalue weighted by Gasteiger charge is -2.07. The van der Waals surface area contributed by atoms with Crippen molar-refractivity contribution in [3.63, 3.8) is 0 Å². The Morgan fingerprint density at radius 3 is 2.35 bits per heavy atom. The van der Waals surface area contributed by atoms with Gasteiger partial charge >= 0.3 is 6.18 Å². The van der Waals surface area contributed by atoms with Gasteiger partial charge in [-0.1, -0.05) is 23.7 Å². The van der Waals surface area contributed by atoms with E-state index in [0.717, 1.165) is 17.7 Å². The van der Waals surface area contributed by atoms with Gasteiger partial charge in [-0.25, -0.2) is 0 Å². The molecule has 2 rings (SSSR count). The van der Waals surface area contributed by atoms with Crippen molar-refractivity contribution in [1.29, 1.82) is 0 Å². The van der Waals surface area contributed by atoms with Crippen LogP contribution >= 0.6 is 11.6 Å². The summed E-state index contributed by atoms with van der Waals surface area (Å²) < 4.78 is 37.1. The van der Waals surface area contributed by atoms with Crippen LogP contribution in [0.25, 0.3) is 0 Å². The van der Waals surface area contributed by atoms with Crippen molar-refractivity contribution < 1.29 is 13.2 Å². The van der Waals surface area contributed by atoms with E-state index in [0.29, 0.717) is 10.7 Å². The maximum atomic E-state index is 12.4. The molecule has 0 aliphatic rings. The smallest absolute Gasteiger partial charge is 0.279 e. The first-order chi connectivity index (χ1) is 9.45. The summed E-state index contributed by atoms with van der Waals surface area (Å²) in [4.78, 5) is 0. The number of hydrogen-bond donors (Lipinski definition) is 1. The summed E-state index contributed by atoms with van der Waals surface area (Å²) in [5.74, 6) is 0. The number of benzene rings is 2. The van der Waals surface area contributed by atoms with Gasteiger partial charge in [0.15, 0.2) is 0 Å². The average molecular weight is 299 g/mol. The van der Waals surface area contributed by atoms with Gasteiger partial charge in [-0.3, -0.25) is 5.43 Å². The maximum Gasteiger partial charge on any atom is 0.416 e. The minimum absolute atomic E-state index is 0.469. The van der Waals surface area contributed by atoms with E-state index in [2.05, 4.69) is 10.5 Å². The molecule has 2 nitrogen and oxygen atoms in total. The van der Waals surface area contributed by atoms with Gasteiger partial charge in [-0.05, 0) is 42.0 Å². The Morgan fingerprint density at radius 2 is 1.75 bits per heavy atom. The van der Waals surface area contributed by atoms with Crippen LogP contribution in [0.1, 0.15) is 11.1 Å². The van der Waals surface area contributed by atoms with Crippen LogP contribution in [-0.2, 0) is 6.18 Å². The van der Waals surface area contributed by atoms with Crippen LogP contribution < -0.4 is 5.43 Å². The van der Waals surface area contributed by atoms with Crippen LogP contribution in [0.2, 0.25) is 5.02 Å². The molecular weight excluding hydrogens is 289 g/mol. The van der Waals surface area contributed by atoms with Gasteiger partial charge < -0.3 is 0 Å². The summed E-state index contributed by atoms with van der Waals surface area (Å²) >= 11 is 5.81. The first kappa shape index (κ1) is 14.4. The summed E-state index contributed by atoms with van der Waals surface area (Å²) in [6.07, 6.45) is -2.80. The molecule has 0 saturated heterocycles. The molecule has 0 spiro atoms. The van der Waals surface area contributed by atoms with Crippen LogP contribution in [0.15, 0.2) is 53.6 Å². The molecule has 0 unspecified atom stereocenters. The molecule has 1 N–H and O–H groups in total. The van der Waals surface area contributed by atoms with Crippen molar-refractivity contribution in [2.75, 3.05) is 5.43 Å². The zero-order valence-electron chi connectivity index (χ0n) is 10.2. The fourth-order valence-electron chi connectivity index (χ4n) is 1.50. The van der Waals surface area contributed by atoms with Crippen LogP contribution in [0, 0.1) is 0 Å². The molecule has 0 radical (unpaired) electrons. The minimum Gasteiger partial charge on any atom is -0.279 e. The number of hydrazone groups is 1. The molecule has 0 fully saturated rings. The predicted octanol–water partition coefficient (Wildman–Crippen LogP) is 4.80. The Labute approximate surface area is 118 Å². The third-order valence-electron chi connectivity index (χ3n) is 2.47. The third-order valence-corrected chi connectivity index (χ3v) is 2.70. The van der Waals surface area contributed by atoms with Crippen molar-refractivity contribution in [3.05, 3.63) is 64.7 Å². The lowest BCUT2D eigenvalue weighted by Crippen LogP contribution is -2.04. The van der Waals surface area contributed by atoms with Gasteiger partial charge in [0.2, 0.25) is 0 Å². The number of nitrogens with zero attached hydrogens (tertiary/aromatic N) is 1. The zero-order chi connectivity index (χ0) is 14.6. The molecule has 2 aromatic rings. The van der Waals surface area contributed by atoms with Crippen LogP contribution in [0.5, 0.6) is 0 Å². The Hall–Kier alpha value is -2.01. The van der Waals surface area contributed by atoms with Gasteiger partial charge in [0.05, 0.1) is 17.5 Å². The van der Waals surface area contributed by atoms with E-state index >= 15 is 0 Å². The van der Waals surface area contributed by atoms with Gasteiger partial charge in [-0.15, -0.1) is 0 Å². The highest BCUT2D eigenvalue weighted by Gasteiger charge is 2.29. The van der Waals surface area contributed by atoms with Crippen LogP contribution in [0.4, 0.5) is 18.9 Å². The van der Waals surface area contributed by atoms with E-state index in [4.69, 9.17) is 11.6 Å². The van der Waals surface area contributed by atoms with Crippen LogP contribution in [0.3, 0.4) is 0 Å². The molecule has 0 heterocycles. The predicted molar refractivity (Wildman–Crippen MR) is 74.1 cm³/mol. The maximum absolute atomic E-state index is 12.4. The lowest BCUT2D eigenvalue weighted by molar-refractivity contribution is -0.137. The third kappa shape index (κ3) is 3.99. The van der Waals surface area contributed by atoms with E-state index < -0.39 is 11.7 Å². The second-order valence-corrected chi connectivity index (χ2v) is 4.44. The molecule has 0 bridgehead atoms. The van der Waals surface area contributed by atoms with Crippen LogP contribution in [-0.4, -0.2) is 6.21 Å². The molecule has 0 aromatic heterocycles. The van der Waals surface area contributed by atoms with Crippen molar-refractivity contribution in [2.45, 2.75) is 6.18 Å². The standard InChI is InChI=1S/C14H10ClF3N2/c15-12-3-1-2-10(8-12)9-19-20-13-6-4-11(5-7-13)14(16,17)18/h1-9,20H. The number of nitrogens with one attached hydrogen (secondary N) is 1. The monoisotopic (exact) mass is 298 g/mol. The average Bonchev–Trinajstić information content (AvgIpc) is 2.38. The van der Waals surface area contributed by atoms with Gasteiger partial charge in [0.1, 0.15) is 0 Å². The molecule has 0 atom stereocenters.